The number of rotatable bonds is 4. The Morgan fingerprint density at radius 1 is 1.29 bits per heavy atom. The van der Waals surface area contributed by atoms with Crippen LogP contribution in [0.1, 0.15) is 12.0 Å². The number of halogens is 2. The predicted molar refractivity (Wildman–Crippen MR) is 91.5 cm³/mol. The van der Waals surface area contributed by atoms with E-state index in [1.165, 1.54) is 6.42 Å². The highest BCUT2D eigenvalue weighted by molar-refractivity contribution is 6.33. The smallest absolute Gasteiger partial charge is 0.0439 e. The Morgan fingerprint density at radius 3 is 2.76 bits per heavy atom. The first-order chi connectivity index (χ1) is 10.0. The second kappa shape index (κ2) is 7.80. The van der Waals surface area contributed by atoms with Gasteiger partial charge >= 0.3 is 0 Å². The number of nitrogens with one attached hydrogen (secondary N) is 1. The molecule has 118 valence electrons. The molecule has 0 saturated carbocycles. The van der Waals surface area contributed by atoms with Gasteiger partial charge in [-0.3, -0.25) is 0 Å². The second-order valence-corrected chi connectivity index (χ2v) is 6.84. The van der Waals surface area contributed by atoms with Crippen LogP contribution in [0, 0.1) is 0 Å². The van der Waals surface area contributed by atoms with E-state index < -0.39 is 0 Å². The highest BCUT2D eigenvalue weighted by Crippen LogP contribution is 2.23. The molecule has 0 bridgehead atoms. The maximum absolute atomic E-state index is 6.32. The van der Waals surface area contributed by atoms with Gasteiger partial charge in [-0.15, -0.1) is 0 Å². The molecule has 1 heterocycles. The molecule has 1 aliphatic heterocycles. The van der Waals surface area contributed by atoms with Gasteiger partial charge in [0.1, 0.15) is 0 Å². The molecule has 0 spiro atoms. The summed E-state index contributed by atoms with van der Waals surface area (Å²) in [7, 11) is 6.45. The van der Waals surface area contributed by atoms with Gasteiger partial charge in [0.05, 0.1) is 0 Å². The van der Waals surface area contributed by atoms with Gasteiger partial charge < -0.3 is 15.1 Å². The summed E-state index contributed by atoms with van der Waals surface area (Å²) in [5.41, 5.74) is 1.11. The average molecular weight is 330 g/mol. The van der Waals surface area contributed by atoms with Crippen LogP contribution in [0.2, 0.25) is 10.0 Å². The quantitative estimate of drug-likeness (QED) is 0.916. The maximum atomic E-state index is 6.32. The minimum atomic E-state index is 0.353. The van der Waals surface area contributed by atoms with Crippen LogP contribution in [-0.2, 0) is 6.42 Å². The van der Waals surface area contributed by atoms with E-state index in [9.17, 15) is 0 Å². The van der Waals surface area contributed by atoms with Crippen LogP contribution in [0.4, 0.5) is 0 Å². The molecule has 2 atom stereocenters. The van der Waals surface area contributed by atoms with Crippen LogP contribution in [0.15, 0.2) is 18.2 Å². The summed E-state index contributed by atoms with van der Waals surface area (Å²) in [6.45, 7) is 3.37. The van der Waals surface area contributed by atoms with Crippen molar-refractivity contribution in [3.05, 3.63) is 33.8 Å². The normalized spacial score (nSPS) is 23.0. The van der Waals surface area contributed by atoms with E-state index in [0.29, 0.717) is 12.1 Å². The zero-order valence-electron chi connectivity index (χ0n) is 13.1. The lowest BCUT2D eigenvalue weighted by Gasteiger charge is -2.34. The molecule has 3 nitrogen and oxygen atoms in total. The van der Waals surface area contributed by atoms with Gasteiger partial charge in [-0.1, -0.05) is 23.2 Å². The molecule has 1 saturated heterocycles. The zero-order chi connectivity index (χ0) is 15.4. The molecule has 0 radical (unpaired) electrons. The van der Waals surface area contributed by atoms with Crippen molar-refractivity contribution in [2.45, 2.75) is 24.9 Å². The van der Waals surface area contributed by atoms with Gasteiger partial charge in [-0.2, -0.15) is 0 Å². The van der Waals surface area contributed by atoms with E-state index in [0.717, 1.165) is 41.7 Å². The molecule has 0 aromatic heterocycles. The Kier molecular flexibility index (Phi) is 6.33. The lowest BCUT2D eigenvalue weighted by molar-refractivity contribution is 0.181. The third kappa shape index (κ3) is 4.57. The summed E-state index contributed by atoms with van der Waals surface area (Å²) in [4.78, 5) is 4.88. The molecule has 1 aromatic carbocycles. The number of hydrogen-bond acceptors (Lipinski definition) is 3. The molecule has 2 rings (SSSR count). The molecule has 1 fully saturated rings. The third-order valence-electron chi connectivity index (χ3n) is 4.40. The van der Waals surface area contributed by atoms with Crippen LogP contribution in [-0.4, -0.2) is 62.7 Å². The van der Waals surface area contributed by atoms with Crippen molar-refractivity contribution < 1.29 is 0 Å². The first kappa shape index (κ1) is 17.0. The van der Waals surface area contributed by atoms with Crippen LogP contribution >= 0.6 is 23.2 Å². The summed E-state index contributed by atoms with van der Waals surface area (Å²) in [5.74, 6) is 0. The van der Waals surface area contributed by atoms with Gasteiger partial charge in [-0.05, 0) is 70.8 Å². The SMILES string of the molecule is CNC(Cc1cc(Cl)ccc1Cl)C1CN(C)CCCN1C. The van der Waals surface area contributed by atoms with Crippen molar-refractivity contribution in [1.82, 2.24) is 15.1 Å². The molecule has 0 amide bonds. The number of hydrogen-bond donors (Lipinski definition) is 1. The van der Waals surface area contributed by atoms with Gasteiger partial charge in [0.2, 0.25) is 0 Å². The van der Waals surface area contributed by atoms with Gasteiger partial charge in [-0.25, -0.2) is 0 Å². The Labute approximate surface area is 138 Å². The van der Waals surface area contributed by atoms with E-state index in [4.69, 9.17) is 23.2 Å². The van der Waals surface area contributed by atoms with Crippen LogP contribution < -0.4 is 5.32 Å². The van der Waals surface area contributed by atoms with E-state index in [-0.39, 0.29) is 0 Å². The first-order valence-electron chi connectivity index (χ1n) is 7.51. The molecule has 1 N–H and O–H groups in total. The average Bonchev–Trinajstić information content (AvgIpc) is 2.61. The summed E-state index contributed by atoms with van der Waals surface area (Å²) in [6.07, 6.45) is 2.11. The summed E-state index contributed by atoms with van der Waals surface area (Å²) < 4.78 is 0. The number of likely N-dealkylation sites (N-methyl/N-ethyl adjacent to an activating group) is 3. The monoisotopic (exact) mass is 329 g/mol. The van der Waals surface area contributed by atoms with Crippen LogP contribution in [0.5, 0.6) is 0 Å². The largest absolute Gasteiger partial charge is 0.315 e. The highest BCUT2D eigenvalue weighted by atomic mass is 35.5. The summed E-state index contributed by atoms with van der Waals surface area (Å²) in [6, 6.07) is 6.53. The van der Waals surface area contributed by atoms with Crippen molar-refractivity contribution in [3.8, 4) is 0 Å². The van der Waals surface area contributed by atoms with Crippen molar-refractivity contribution in [2.24, 2.45) is 0 Å². The molecule has 2 unspecified atom stereocenters. The minimum Gasteiger partial charge on any atom is -0.315 e. The fraction of sp³-hybridized carbons (Fsp3) is 0.625. The Hall–Kier alpha value is -0.320. The second-order valence-electron chi connectivity index (χ2n) is 6.00. The van der Waals surface area contributed by atoms with Gasteiger partial charge in [0, 0.05) is 28.7 Å². The van der Waals surface area contributed by atoms with E-state index in [1.807, 2.05) is 25.2 Å². The van der Waals surface area contributed by atoms with Crippen molar-refractivity contribution in [1.29, 1.82) is 0 Å². The Balaban J connectivity index is 2.16. The highest BCUT2D eigenvalue weighted by Gasteiger charge is 2.28. The van der Waals surface area contributed by atoms with Crippen molar-refractivity contribution in [2.75, 3.05) is 40.8 Å². The standard InChI is InChI=1S/C16H25Cl2N3/c1-19-15(10-12-9-13(17)5-6-14(12)18)16-11-20(2)7-4-8-21(16)3/h5-6,9,15-16,19H,4,7-8,10-11H2,1-3H3. The van der Waals surface area contributed by atoms with E-state index in [1.54, 1.807) is 0 Å². The van der Waals surface area contributed by atoms with Crippen LogP contribution in [0.25, 0.3) is 0 Å². The number of nitrogens with zero attached hydrogens (tertiary/aromatic N) is 2. The molecule has 5 heteroatoms. The predicted octanol–water partition coefficient (Wildman–Crippen LogP) is 2.76. The third-order valence-corrected chi connectivity index (χ3v) is 5.00. The fourth-order valence-corrected chi connectivity index (χ4v) is 3.50. The van der Waals surface area contributed by atoms with Crippen molar-refractivity contribution >= 4 is 23.2 Å². The Morgan fingerprint density at radius 2 is 2.05 bits per heavy atom. The molecular formula is C16H25Cl2N3. The molecule has 1 aromatic rings. The molecule has 0 aliphatic carbocycles. The van der Waals surface area contributed by atoms with E-state index >= 15 is 0 Å². The number of benzene rings is 1. The Bertz CT molecular complexity index is 467. The molecular weight excluding hydrogens is 305 g/mol. The van der Waals surface area contributed by atoms with Crippen molar-refractivity contribution in [3.63, 3.8) is 0 Å². The summed E-state index contributed by atoms with van der Waals surface area (Å²) in [5, 5.41) is 5.02. The van der Waals surface area contributed by atoms with Gasteiger partial charge in [0.15, 0.2) is 0 Å². The van der Waals surface area contributed by atoms with Gasteiger partial charge in [0.25, 0.3) is 0 Å². The lowest BCUT2D eigenvalue weighted by Crippen LogP contribution is -2.52. The minimum absolute atomic E-state index is 0.353. The fourth-order valence-electron chi connectivity index (χ4n) is 3.11. The molecule has 21 heavy (non-hydrogen) atoms. The zero-order valence-corrected chi connectivity index (χ0v) is 14.6. The lowest BCUT2D eigenvalue weighted by atomic mass is 9.98. The maximum Gasteiger partial charge on any atom is 0.0439 e. The first-order valence-corrected chi connectivity index (χ1v) is 8.27. The molecule has 1 aliphatic rings. The topological polar surface area (TPSA) is 18.5 Å². The summed E-state index contributed by atoms with van der Waals surface area (Å²) >= 11 is 12.4. The van der Waals surface area contributed by atoms with E-state index in [2.05, 4.69) is 29.2 Å². The van der Waals surface area contributed by atoms with Crippen LogP contribution in [0.3, 0.4) is 0 Å².